The molecule has 0 bridgehead atoms. The Morgan fingerprint density at radius 2 is 1.84 bits per heavy atom. The van der Waals surface area contributed by atoms with Crippen molar-refractivity contribution >= 4 is 29.3 Å². The van der Waals surface area contributed by atoms with E-state index in [4.69, 9.17) is 14.7 Å². The van der Waals surface area contributed by atoms with Gasteiger partial charge in [-0.05, 0) is 56.2 Å². The first-order valence-electron chi connectivity index (χ1n) is 11.4. The number of thioether (sulfide) groups is 1. The molecule has 2 amide bonds. The van der Waals surface area contributed by atoms with Crippen LogP contribution >= 0.6 is 11.8 Å². The Kier molecular flexibility index (Phi) is 6.90. The van der Waals surface area contributed by atoms with Crippen LogP contribution in [-0.4, -0.2) is 53.6 Å². The number of urea groups is 1. The van der Waals surface area contributed by atoms with Gasteiger partial charge in [0.15, 0.2) is 5.82 Å². The Morgan fingerprint density at radius 3 is 2.47 bits per heavy atom. The summed E-state index contributed by atoms with van der Waals surface area (Å²) in [6.07, 6.45) is 2.13. The molecule has 7 nitrogen and oxygen atoms in total. The van der Waals surface area contributed by atoms with E-state index in [-0.39, 0.29) is 10.8 Å². The smallest absolute Gasteiger partial charge is 0.319 e. The average molecular weight is 456 g/mol. The highest BCUT2D eigenvalue weighted by molar-refractivity contribution is 8.00. The first-order valence-corrected chi connectivity index (χ1v) is 12.3. The lowest BCUT2D eigenvalue weighted by atomic mass is 10.1. The van der Waals surface area contributed by atoms with Crippen molar-refractivity contribution in [3.05, 3.63) is 36.0 Å². The number of anilines is 2. The Labute approximate surface area is 194 Å². The van der Waals surface area contributed by atoms with E-state index in [1.807, 2.05) is 36.0 Å². The summed E-state index contributed by atoms with van der Waals surface area (Å²) in [5.74, 6) is 1.65. The Hall–Kier alpha value is -2.32. The minimum Gasteiger partial charge on any atom is -0.378 e. The number of hydrogen-bond acceptors (Lipinski definition) is 6. The third-order valence-electron chi connectivity index (χ3n) is 5.51. The normalized spacial score (nSPS) is 16.8. The maximum absolute atomic E-state index is 12.0. The average Bonchev–Trinajstić information content (AvgIpc) is 3.57. The SMILES string of the molecule is CC(C)SC(C)(C)c1cc(N2CCOCC2)nc(-c2ccc(NC(=O)NC3CC3)cc2)n1. The van der Waals surface area contributed by atoms with Crippen molar-refractivity contribution in [2.24, 2.45) is 0 Å². The van der Waals surface area contributed by atoms with Crippen LogP contribution in [0.4, 0.5) is 16.3 Å². The lowest BCUT2D eigenvalue weighted by Crippen LogP contribution is -2.37. The van der Waals surface area contributed by atoms with E-state index < -0.39 is 0 Å². The van der Waals surface area contributed by atoms with Gasteiger partial charge in [-0.15, -0.1) is 11.8 Å². The van der Waals surface area contributed by atoms with Crippen molar-refractivity contribution in [1.29, 1.82) is 0 Å². The predicted molar refractivity (Wildman–Crippen MR) is 131 cm³/mol. The molecule has 1 saturated carbocycles. The second kappa shape index (κ2) is 9.67. The second-order valence-electron chi connectivity index (χ2n) is 9.16. The lowest BCUT2D eigenvalue weighted by molar-refractivity contribution is 0.122. The molecule has 0 radical (unpaired) electrons. The highest BCUT2D eigenvalue weighted by Gasteiger charge is 2.27. The molecule has 2 N–H and O–H groups in total. The van der Waals surface area contributed by atoms with Crippen molar-refractivity contribution in [3.63, 3.8) is 0 Å². The fraction of sp³-hybridized carbons (Fsp3) is 0.542. The zero-order valence-corrected chi connectivity index (χ0v) is 20.2. The zero-order chi connectivity index (χ0) is 22.7. The molecule has 0 atom stereocenters. The van der Waals surface area contributed by atoms with Crippen LogP contribution in [0.3, 0.4) is 0 Å². The number of hydrogen-bond donors (Lipinski definition) is 2. The molecule has 1 aliphatic heterocycles. The number of aromatic nitrogens is 2. The van der Waals surface area contributed by atoms with Crippen molar-refractivity contribution in [2.45, 2.75) is 56.6 Å². The molecule has 4 rings (SSSR count). The van der Waals surface area contributed by atoms with Crippen LogP contribution in [0.25, 0.3) is 11.4 Å². The molecule has 1 saturated heterocycles. The highest BCUT2D eigenvalue weighted by Crippen LogP contribution is 2.39. The number of nitrogens with one attached hydrogen (secondary N) is 2. The fourth-order valence-corrected chi connectivity index (χ4v) is 5.16. The van der Waals surface area contributed by atoms with Gasteiger partial charge in [0.2, 0.25) is 0 Å². The van der Waals surface area contributed by atoms with E-state index in [0.717, 1.165) is 48.7 Å². The molecule has 32 heavy (non-hydrogen) atoms. The first-order chi connectivity index (χ1) is 15.3. The molecular weight excluding hydrogens is 422 g/mol. The number of ether oxygens (including phenoxy) is 1. The summed E-state index contributed by atoms with van der Waals surface area (Å²) < 4.78 is 5.39. The second-order valence-corrected chi connectivity index (χ2v) is 11.4. The molecule has 2 aliphatic rings. The van der Waals surface area contributed by atoms with Gasteiger partial charge in [-0.3, -0.25) is 0 Å². The van der Waals surface area contributed by atoms with Crippen LogP contribution in [0.1, 0.15) is 46.2 Å². The molecule has 8 heteroatoms. The number of nitrogens with zero attached hydrogens (tertiary/aromatic N) is 3. The first kappa shape index (κ1) is 22.9. The standard InChI is InChI=1S/C24H33N5O2S/c1-16(2)32-24(3,4)20-15-21(29-11-13-31-14-12-29)28-22(27-20)17-5-7-18(8-6-17)25-23(30)26-19-9-10-19/h5-8,15-16,19H,9-14H2,1-4H3,(H2,25,26,30). The van der Waals surface area contributed by atoms with Crippen molar-refractivity contribution in [2.75, 3.05) is 36.5 Å². The van der Waals surface area contributed by atoms with Gasteiger partial charge >= 0.3 is 6.03 Å². The molecule has 2 heterocycles. The van der Waals surface area contributed by atoms with Gasteiger partial charge in [0, 0.05) is 36.4 Å². The molecule has 0 spiro atoms. The van der Waals surface area contributed by atoms with E-state index in [2.05, 4.69) is 49.3 Å². The number of carbonyl (C=O) groups is 1. The number of benzene rings is 1. The minimum atomic E-state index is -0.152. The van der Waals surface area contributed by atoms with Crippen molar-refractivity contribution in [1.82, 2.24) is 15.3 Å². The van der Waals surface area contributed by atoms with Crippen LogP contribution in [0.2, 0.25) is 0 Å². The number of amides is 2. The summed E-state index contributed by atoms with van der Waals surface area (Å²) in [7, 11) is 0. The van der Waals surface area contributed by atoms with Gasteiger partial charge in [0.25, 0.3) is 0 Å². The van der Waals surface area contributed by atoms with Gasteiger partial charge < -0.3 is 20.3 Å². The number of morpholine rings is 1. The largest absolute Gasteiger partial charge is 0.378 e. The maximum Gasteiger partial charge on any atom is 0.319 e. The van der Waals surface area contributed by atoms with Crippen LogP contribution in [0.5, 0.6) is 0 Å². The molecule has 1 aromatic carbocycles. The number of carbonyl (C=O) groups excluding carboxylic acids is 1. The predicted octanol–water partition coefficient (Wildman–Crippen LogP) is 4.64. The molecule has 2 fully saturated rings. The van der Waals surface area contributed by atoms with Crippen LogP contribution in [0.15, 0.2) is 30.3 Å². The summed E-state index contributed by atoms with van der Waals surface area (Å²) in [6.45, 7) is 11.9. The van der Waals surface area contributed by atoms with Crippen LogP contribution in [0, 0.1) is 0 Å². The topological polar surface area (TPSA) is 79.4 Å². The van der Waals surface area contributed by atoms with Gasteiger partial charge in [0.05, 0.1) is 23.7 Å². The molecular formula is C24H33N5O2S. The molecule has 0 unspecified atom stereocenters. The summed E-state index contributed by atoms with van der Waals surface area (Å²) >= 11 is 1.90. The highest BCUT2D eigenvalue weighted by atomic mass is 32.2. The maximum atomic E-state index is 12.0. The summed E-state index contributed by atoms with van der Waals surface area (Å²) in [4.78, 5) is 24.2. The van der Waals surface area contributed by atoms with Gasteiger partial charge in [-0.25, -0.2) is 14.8 Å². The minimum absolute atomic E-state index is 0.144. The van der Waals surface area contributed by atoms with E-state index in [0.29, 0.717) is 30.3 Å². The third kappa shape index (κ3) is 5.92. The zero-order valence-electron chi connectivity index (χ0n) is 19.4. The third-order valence-corrected chi connectivity index (χ3v) is 6.78. The van der Waals surface area contributed by atoms with Crippen molar-refractivity contribution in [3.8, 4) is 11.4 Å². The summed E-state index contributed by atoms with van der Waals surface area (Å²) in [5.41, 5.74) is 2.71. The van der Waals surface area contributed by atoms with E-state index >= 15 is 0 Å². The van der Waals surface area contributed by atoms with Gasteiger partial charge in [-0.1, -0.05) is 13.8 Å². The molecule has 1 aliphatic carbocycles. The molecule has 172 valence electrons. The number of rotatable bonds is 7. The summed E-state index contributed by atoms with van der Waals surface area (Å²) in [5, 5.41) is 6.32. The molecule has 2 aromatic rings. The Balaban J connectivity index is 1.61. The monoisotopic (exact) mass is 455 g/mol. The lowest BCUT2D eigenvalue weighted by Gasteiger charge is -2.31. The summed E-state index contributed by atoms with van der Waals surface area (Å²) in [6, 6.07) is 10.1. The van der Waals surface area contributed by atoms with Crippen molar-refractivity contribution < 1.29 is 9.53 Å². The van der Waals surface area contributed by atoms with E-state index in [1.165, 1.54) is 0 Å². The van der Waals surface area contributed by atoms with Crippen LogP contribution in [-0.2, 0) is 9.48 Å². The molecule has 1 aromatic heterocycles. The fourth-order valence-electron chi connectivity index (χ4n) is 3.76. The van der Waals surface area contributed by atoms with Gasteiger partial charge in [-0.2, -0.15) is 0 Å². The van der Waals surface area contributed by atoms with E-state index in [9.17, 15) is 4.79 Å². The van der Waals surface area contributed by atoms with Crippen LogP contribution < -0.4 is 15.5 Å². The Morgan fingerprint density at radius 1 is 1.16 bits per heavy atom. The van der Waals surface area contributed by atoms with E-state index in [1.54, 1.807) is 0 Å². The quantitative estimate of drug-likeness (QED) is 0.633. The Bertz CT molecular complexity index is 938. The van der Waals surface area contributed by atoms with Gasteiger partial charge in [0.1, 0.15) is 5.82 Å².